The van der Waals surface area contributed by atoms with Gasteiger partial charge in [0.15, 0.2) is 0 Å². The van der Waals surface area contributed by atoms with Crippen molar-refractivity contribution in [1.82, 2.24) is 9.80 Å². The van der Waals surface area contributed by atoms with Crippen LogP contribution in [0.5, 0.6) is 0 Å². The number of benzene rings is 2. The van der Waals surface area contributed by atoms with E-state index in [0.29, 0.717) is 32.7 Å². The first-order valence-electron chi connectivity index (χ1n) is 8.39. The molecular weight excluding hydrogens is 316 g/mol. The molecule has 0 saturated carbocycles. The maximum absolute atomic E-state index is 12.3. The third-order valence-electron chi connectivity index (χ3n) is 4.11. The molecule has 0 atom stereocenters. The molecule has 1 aliphatic rings. The van der Waals surface area contributed by atoms with Gasteiger partial charge < -0.3 is 15.5 Å². The largest absolute Gasteiger partial charge is 0.325 e. The van der Waals surface area contributed by atoms with Crippen molar-refractivity contribution >= 4 is 23.3 Å². The first kappa shape index (κ1) is 17.0. The van der Waals surface area contributed by atoms with Gasteiger partial charge >= 0.3 is 6.03 Å². The lowest BCUT2D eigenvalue weighted by molar-refractivity contribution is -0.117. The van der Waals surface area contributed by atoms with E-state index in [4.69, 9.17) is 0 Å². The van der Waals surface area contributed by atoms with E-state index in [2.05, 4.69) is 15.5 Å². The fourth-order valence-electron chi connectivity index (χ4n) is 2.76. The summed E-state index contributed by atoms with van der Waals surface area (Å²) < 4.78 is 0. The topological polar surface area (TPSA) is 64.7 Å². The van der Waals surface area contributed by atoms with Crippen molar-refractivity contribution < 1.29 is 9.59 Å². The molecule has 1 saturated heterocycles. The number of urea groups is 1. The smallest absolute Gasteiger partial charge is 0.321 e. The number of rotatable bonds is 4. The summed E-state index contributed by atoms with van der Waals surface area (Å²) in [5.74, 6) is -0.0339. The summed E-state index contributed by atoms with van der Waals surface area (Å²) >= 11 is 0. The van der Waals surface area contributed by atoms with Crippen LogP contribution in [-0.4, -0.2) is 54.5 Å². The number of nitrogens with one attached hydrogen (secondary N) is 2. The molecule has 0 radical (unpaired) electrons. The van der Waals surface area contributed by atoms with Gasteiger partial charge in [-0.2, -0.15) is 0 Å². The molecule has 130 valence electrons. The van der Waals surface area contributed by atoms with Crippen LogP contribution in [0.15, 0.2) is 60.7 Å². The minimum atomic E-state index is -0.0976. The molecule has 0 spiro atoms. The molecule has 0 aliphatic carbocycles. The second kappa shape index (κ2) is 8.30. The Morgan fingerprint density at radius 1 is 0.760 bits per heavy atom. The van der Waals surface area contributed by atoms with Crippen LogP contribution in [0.1, 0.15) is 0 Å². The SMILES string of the molecule is O=C(CN1CCN(C(=O)Nc2ccccc2)CC1)Nc1ccccc1. The van der Waals surface area contributed by atoms with Crippen molar-refractivity contribution in [3.05, 3.63) is 60.7 Å². The van der Waals surface area contributed by atoms with Crippen LogP contribution in [0, 0.1) is 0 Å². The highest BCUT2D eigenvalue weighted by Gasteiger charge is 2.22. The number of hydrogen-bond donors (Lipinski definition) is 2. The number of carbonyl (C=O) groups excluding carboxylic acids is 2. The van der Waals surface area contributed by atoms with E-state index >= 15 is 0 Å². The van der Waals surface area contributed by atoms with E-state index in [1.165, 1.54) is 0 Å². The molecule has 2 aromatic rings. The minimum absolute atomic E-state index is 0.0339. The van der Waals surface area contributed by atoms with E-state index < -0.39 is 0 Å². The first-order chi connectivity index (χ1) is 12.2. The monoisotopic (exact) mass is 338 g/mol. The Bertz CT molecular complexity index is 698. The van der Waals surface area contributed by atoms with Gasteiger partial charge in [-0.15, -0.1) is 0 Å². The van der Waals surface area contributed by atoms with Gasteiger partial charge in [0.1, 0.15) is 0 Å². The number of anilines is 2. The fraction of sp³-hybridized carbons (Fsp3) is 0.263. The zero-order chi connectivity index (χ0) is 17.5. The highest BCUT2D eigenvalue weighted by molar-refractivity contribution is 5.92. The fourth-order valence-corrected chi connectivity index (χ4v) is 2.76. The Morgan fingerprint density at radius 2 is 1.28 bits per heavy atom. The van der Waals surface area contributed by atoms with Crippen LogP contribution < -0.4 is 10.6 Å². The number of carbonyl (C=O) groups is 2. The Labute approximate surface area is 147 Å². The van der Waals surface area contributed by atoms with Crippen molar-refractivity contribution in [3.63, 3.8) is 0 Å². The van der Waals surface area contributed by atoms with E-state index in [1.807, 2.05) is 60.7 Å². The average molecular weight is 338 g/mol. The average Bonchev–Trinajstić information content (AvgIpc) is 2.64. The van der Waals surface area contributed by atoms with Gasteiger partial charge in [0, 0.05) is 37.6 Å². The van der Waals surface area contributed by atoms with E-state index in [0.717, 1.165) is 11.4 Å². The minimum Gasteiger partial charge on any atom is -0.325 e. The molecule has 3 rings (SSSR count). The number of nitrogens with zero attached hydrogens (tertiary/aromatic N) is 2. The van der Waals surface area contributed by atoms with Crippen molar-refractivity contribution in [2.75, 3.05) is 43.4 Å². The predicted molar refractivity (Wildman–Crippen MR) is 98.5 cm³/mol. The summed E-state index contributed by atoms with van der Waals surface area (Å²) in [5.41, 5.74) is 1.59. The molecule has 2 N–H and O–H groups in total. The molecule has 0 bridgehead atoms. The lowest BCUT2D eigenvalue weighted by Gasteiger charge is -2.34. The highest BCUT2D eigenvalue weighted by Crippen LogP contribution is 2.09. The zero-order valence-corrected chi connectivity index (χ0v) is 14.0. The first-order valence-corrected chi connectivity index (χ1v) is 8.39. The molecule has 1 fully saturated rings. The van der Waals surface area contributed by atoms with Gasteiger partial charge in [0.05, 0.1) is 6.54 Å². The van der Waals surface area contributed by atoms with Crippen LogP contribution in [0.3, 0.4) is 0 Å². The van der Waals surface area contributed by atoms with Gasteiger partial charge in [0.25, 0.3) is 0 Å². The maximum Gasteiger partial charge on any atom is 0.321 e. The van der Waals surface area contributed by atoms with E-state index in [9.17, 15) is 9.59 Å². The summed E-state index contributed by atoms with van der Waals surface area (Å²) in [6.45, 7) is 2.92. The van der Waals surface area contributed by atoms with Crippen LogP contribution in [0.2, 0.25) is 0 Å². The summed E-state index contributed by atoms with van der Waals surface area (Å²) in [6, 6.07) is 18.7. The predicted octanol–water partition coefficient (Wildman–Crippen LogP) is 2.47. The Morgan fingerprint density at radius 3 is 1.84 bits per heavy atom. The van der Waals surface area contributed by atoms with Gasteiger partial charge in [-0.3, -0.25) is 9.69 Å². The molecule has 0 aromatic heterocycles. The summed E-state index contributed by atoms with van der Waals surface area (Å²) in [5, 5.41) is 5.77. The van der Waals surface area contributed by atoms with Crippen molar-refractivity contribution in [2.45, 2.75) is 0 Å². The quantitative estimate of drug-likeness (QED) is 0.900. The van der Waals surface area contributed by atoms with Crippen molar-refractivity contribution in [2.24, 2.45) is 0 Å². The Hall–Kier alpha value is -2.86. The second-order valence-electron chi connectivity index (χ2n) is 5.97. The van der Waals surface area contributed by atoms with E-state index in [1.54, 1.807) is 4.90 Å². The lowest BCUT2D eigenvalue weighted by atomic mass is 10.3. The summed E-state index contributed by atoms with van der Waals surface area (Å²) in [4.78, 5) is 28.2. The molecule has 0 unspecified atom stereocenters. The molecular formula is C19H22N4O2. The standard InChI is InChI=1S/C19H22N4O2/c24-18(20-16-7-3-1-4-8-16)15-22-11-13-23(14-12-22)19(25)21-17-9-5-2-6-10-17/h1-10H,11-15H2,(H,20,24)(H,21,25). The third kappa shape index (κ3) is 5.06. The summed E-state index contributed by atoms with van der Waals surface area (Å²) in [6.07, 6.45) is 0. The lowest BCUT2D eigenvalue weighted by Crippen LogP contribution is -2.51. The Balaban J connectivity index is 1.42. The third-order valence-corrected chi connectivity index (χ3v) is 4.11. The molecule has 1 aliphatic heterocycles. The van der Waals surface area contributed by atoms with Crippen molar-refractivity contribution in [1.29, 1.82) is 0 Å². The molecule has 3 amide bonds. The van der Waals surface area contributed by atoms with Crippen LogP contribution in [-0.2, 0) is 4.79 Å². The van der Waals surface area contributed by atoms with Crippen molar-refractivity contribution in [3.8, 4) is 0 Å². The molecule has 6 nitrogen and oxygen atoms in total. The van der Waals surface area contributed by atoms with Gasteiger partial charge in [-0.05, 0) is 24.3 Å². The maximum atomic E-state index is 12.3. The van der Waals surface area contributed by atoms with Gasteiger partial charge in [0.2, 0.25) is 5.91 Å². The second-order valence-corrected chi connectivity index (χ2v) is 5.97. The molecule has 2 aromatic carbocycles. The van der Waals surface area contributed by atoms with Crippen LogP contribution >= 0.6 is 0 Å². The molecule has 1 heterocycles. The highest BCUT2D eigenvalue weighted by atomic mass is 16.2. The number of para-hydroxylation sites is 2. The normalized spacial score (nSPS) is 14.8. The van der Waals surface area contributed by atoms with E-state index in [-0.39, 0.29) is 11.9 Å². The zero-order valence-electron chi connectivity index (χ0n) is 14.0. The van der Waals surface area contributed by atoms with Gasteiger partial charge in [-0.1, -0.05) is 36.4 Å². The van der Waals surface area contributed by atoms with Crippen LogP contribution in [0.4, 0.5) is 16.2 Å². The number of hydrogen-bond acceptors (Lipinski definition) is 3. The summed E-state index contributed by atoms with van der Waals surface area (Å²) in [7, 11) is 0. The van der Waals surface area contributed by atoms with Gasteiger partial charge in [-0.25, -0.2) is 4.79 Å². The number of amides is 3. The molecule has 25 heavy (non-hydrogen) atoms. The van der Waals surface area contributed by atoms with Crippen LogP contribution in [0.25, 0.3) is 0 Å². The molecule has 6 heteroatoms. The number of piperazine rings is 1. The Kier molecular flexibility index (Phi) is 5.64.